The molecule has 1 aliphatic heterocycles. The normalized spacial score (nSPS) is 22.2. The van der Waals surface area contributed by atoms with Gasteiger partial charge in [0.05, 0.1) is 9.79 Å². The Bertz CT molecular complexity index is 188. The zero-order chi connectivity index (χ0) is 9.73. The Balaban J connectivity index is 2.57. The first kappa shape index (κ1) is 11.2. The van der Waals surface area contributed by atoms with Gasteiger partial charge in [-0.05, 0) is 12.8 Å². The van der Waals surface area contributed by atoms with Crippen LogP contribution in [0.25, 0.3) is 0 Å². The van der Waals surface area contributed by atoms with Crippen LogP contribution in [0.15, 0.2) is 5.16 Å². The molecule has 4 heteroatoms. The van der Waals surface area contributed by atoms with E-state index in [1.54, 1.807) is 0 Å². The van der Waals surface area contributed by atoms with E-state index < -0.39 is 0 Å². The van der Waals surface area contributed by atoms with Gasteiger partial charge in [0.15, 0.2) is 0 Å². The summed E-state index contributed by atoms with van der Waals surface area (Å²) in [7, 11) is 0. The van der Waals surface area contributed by atoms with Crippen molar-refractivity contribution < 1.29 is 5.21 Å². The lowest BCUT2D eigenvalue weighted by Crippen LogP contribution is -2.20. The maximum atomic E-state index is 8.77. The van der Waals surface area contributed by atoms with Crippen molar-refractivity contribution in [3.63, 3.8) is 0 Å². The second-order valence-corrected chi connectivity index (χ2v) is 6.37. The monoisotopic (exact) mass is 219 g/mol. The minimum atomic E-state index is 0.303. The molecule has 0 aliphatic carbocycles. The van der Waals surface area contributed by atoms with E-state index in [9.17, 15) is 0 Å². The minimum Gasteiger partial charge on any atom is -0.411 e. The highest BCUT2D eigenvalue weighted by Crippen LogP contribution is 2.49. The summed E-state index contributed by atoms with van der Waals surface area (Å²) in [6.07, 6.45) is 2.95. The van der Waals surface area contributed by atoms with Crippen LogP contribution in [0.1, 0.15) is 33.1 Å². The fourth-order valence-electron chi connectivity index (χ4n) is 1.47. The van der Waals surface area contributed by atoms with Crippen LogP contribution in [0.3, 0.4) is 0 Å². The third-order valence-corrected chi connectivity index (χ3v) is 6.08. The van der Waals surface area contributed by atoms with Crippen LogP contribution in [0.5, 0.6) is 0 Å². The highest BCUT2D eigenvalue weighted by atomic mass is 32.2. The van der Waals surface area contributed by atoms with E-state index in [1.165, 1.54) is 11.5 Å². The van der Waals surface area contributed by atoms with Gasteiger partial charge in [-0.25, -0.2) is 0 Å². The Morgan fingerprint density at radius 1 is 1.38 bits per heavy atom. The lowest BCUT2D eigenvalue weighted by Gasteiger charge is -2.25. The largest absolute Gasteiger partial charge is 0.411 e. The van der Waals surface area contributed by atoms with Crippen LogP contribution < -0.4 is 0 Å². The zero-order valence-electron chi connectivity index (χ0n) is 8.25. The maximum absolute atomic E-state index is 8.77. The number of hydrogen-bond donors (Lipinski definition) is 1. The van der Waals surface area contributed by atoms with Gasteiger partial charge in [0.1, 0.15) is 0 Å². The van der Waals surface area contributed by atoms with Gasteiger partial charge in [-0.1, -0.05) is 19.0 Å². The van der Waals surface area contributed by atoms with Crippen molar-refractivity contribution in [2.45, 2.75) is 37.2 Å². The van der Waals surface area contributed by atoms with E-state index >= 15 is 0 Å². The van der Waals surface area contributed by atoms with Gasteiger partial charge < -0.3 is 5.21 Å². The third kappa shape index (κ3) is 2.81. The Hall–Kier alpha value is 0.170. The number of oxime groups is 1. The molecule has 0 aromatic carbocycles. The highest BCUT2D eigenvalue weighted by Gasteiger charge is 2.34. The van der Waals surface area contributed by atoms with Gasteiger partial charge in [0.25, 0.3) is 0 Å². The van der Waals surface area contributed by atoms with Gasteiger partial charge in [0.2, 0.25) is 0 Å². The first-order valence-electron chi connectivity index (χ1n) is 4.74. The van der Waals surface area contributed by atoms with E-state index in [0.29, 0.717) is 4.08 Å². The minimum absolute atomic E-state index is 0.303. The van der Waals surface area contributed by atoms with Crippen LogP contribution in [-0.4, -0.2) is 26.5 Å². The van der Waals surface area contributed by atoms with Crippen molar-refractivity contribution in [1.82, 2.24) is 0 Å². The molecule has 1 fully saturated rings. The molecule has 1 saturated heterocycles. The molecule has 0 bridgehead atoms. The predicted molar refractivity (Wildman–Crippen MR) is 62.1 cm³/mol. The third-order valence-electron chi connectivity index (χ3n) is 2.38. The van der Waals surface area contributed by atoms with E-state index in [0.717, 1.165) is 25.0 Å². The first-order valence-corrected chi connectivity index (χ1v) is 6.71. The van der Waals surface area contributed by atoms with Crippen molar-refractivity contribution in [3.05, 3.63) is 0 Å². The van der Waals surface area contributed by atoms with E-state index in [-0.39, 0.29) is 0 Å². The molecule has 0 radical (unpaired) electrons. The van der Waals surface area contributed by atoms with E-state index in [1.807, 2.05) is 30.4 Å². The summed E-state index contributed by atoms with van der Waals surface area (Å²) >= 11 is 4.04. The average molecular weight is 219 g/mol. The van der Waals surface area contributed by atoms with Gasteiger partial charge in [-0.3, -0.25) is 0 Å². The molecule has 0 aromatic rings. The summed E-state index contributed by atoms with van der Waals surface area (Å²) in [6.45, 7) is 4.26. The van der Waals surface area contributed by atoms with Crippen molar-refractivity contribution in [3.8, 4) is 0 Å². The SMILES string of the molecule is CC/C(CC1(CC)SCCS1)=N\O. The lowest BCUT2D eigenvalue weighted by atomic mass is 10.1. The molecule has 0 aromatic heterocycles. The number of rotatable bonds is 4. The zero-order valence-corrected chi connectivity index (χ0v) is 9.88. The molecule has 13 heavy (non-hydrogen) atoms. The van der Waals surface area contributed by atoms with Crippen LogP contribution in [0, 0.1) is 0 Å². The molecule has 1 heterocycles. The maximum Gasteiger partial charge on any atom is 0.0662 e. The molecule has 0 spiro atoms. The van der Waals surface area contributed by atoms with E-state index in [2.05, 4.69) is 12.1 Å². The lowest BCUT2D eigenvalue weighted by molar-refractivity contribution is 0.316. The van der Waals surface area contributed by atoms with Crippen molar-refractivity contribution in [2.75, 3.05) is 11.5 Å². The van der Waals surface area contributed by atoms with Crippen LogP contribution in [-0.2, 0) is 0 Å². The second kappa shape index (κ2) is 5.15. The summed E-state index contributed by atoms with van der Waals surface area (Å²) in [5.74, 6) is 2.47. The fourth-order valence-corrected chi connectivity index (χ4v) is 4.66. The predicted octanol–water partition coefficient (Wildman–Crippen LogP) is 3.20. The summed E-state index contributed by atoms with van der Waals surface area (Å²) in [5.41, 5.74) is 0.934. The molecule has 0 unspecified atom stereocenters. The highest BCUT2D eigenvalue weighted by molar-refractivity contribution is 8.21. The summed E-state index contributed by atoms with van der Waals surface area (Å²) in [6, 6.07) is 0. The Morgan fingerprint density at radius 2 is 2.00 bits per heavy atom. The number of nitrogens with zero attached hydrogens (tertiary/aromatic N) is 1. The van der Waals surface area contributed by atoms with Gasteiger partial charge in [-0.15, -0.1) is 23.5 Å². The molecule has 0 saturated carbocycles. The quantitative estimate of drug-likeness (QED) is 0.448. The van der Waals surface area contributed by atoms with E-state index in [4.69, 9.17) is 5.21 Å². The van der Waals surface area contributed by atoms with Crippen LogP contribution >= 0.6 is 23.5 Å². The summed E-state index contributed by atoms with van der Waals surface area (Å²) in [5, 5.41) is 12.1. The number of hydrogen-bond acceptors (Lipinski definition) is 4. The van der Waals surface area contributed by atoms with Crippen LogP contribution in [0.2, 0.25) is 0 Å². The number of thioether (sulfide) groups is 2. The van der Waals surface area contributed by atoms with Crippen molar-refractivity contribution in [2.24, 2.45) is 5.16 Å². The van der Waals surface area contributed by atoms with Crippen molar-refractivity contribution in [1.29, 1.82) is 0 Å². The average Bonchev–Trinajstić information content (AvgIpc) is 2.63. The molecule has 0 atom stereocenters. The molecule has 2 nitrogen and oxygen atoms in total. The van der Waals surface area contributed by atoms with Gasteiger partial charge >= 0.3 is 0 Å². The second-order valence-electron chi connectivity index (χ2n) is 3.16. The smallest absolute Gasteiger partial charge is 0.0662 e. The molecule has 1 rings (SSSR count). The molecular formula is C9H17NOS2. The van der Waals surface area contributed by atoms with Gasteiger partial charge in [-0.2, -0.15) is 0 Å². The topological polar surface area (TPSA) is 32.6 Å². The summed E-state index contributed by atoms with van der Waals surface area (Å²) < 4.78 is 0.303. The molecule has 1 aliphatic rings. The molecular weight excluding hydrogens is 202 g/mol. The molecule has 0 amide bonds. The standard InChI is InChI=1S/C9H17NOS2/c1-3-8(10-11)7-9(4-2)12-5-6-13-9/h11H,3-7H2,1-2H3/b10-8+. The Kier molecular flexibility index (Phi) is 4.46. The Labute approximate surface area is 88.5 Å². The summed E-state index contributed by atoms with van der Waals surface area (Å²) in [4.78, 5) is 0. The van der Waals surface area contributed by atoms with Crippen molar-refractivity contribution >= 4 is 29.2 Å². The van der Waals surface area contributed by atoms with Gasteiger partial charge in [0, 0.05) is 17.9 Å². The Morgan fingerprint density at radius 3 is 2.38 bits per heavy atom. The van der Waals surface area contributed by atoms with Crippen LogP contribution in [0.4, 0.5) is 0 Å². The first-order chi connectivity index (χ1) is 6.26. The molecule has 1 N–H and O–H groups in total. The molecule has 76 valence electrons. The fraction of sp³-hybridized carbons (Fsp3) is 0.889.